The Kier molecular flexibility index (Phi) is 4.73. The van der Waals surface area contributed by atoms with E-state index in [-0.39, 0.29) is 11.3 Å². The first-order chi connectivity index (χ1) is 6.59. The van der Waals surface area contributed by atoms with Crippen LogP contribution in [0.3, 0.4) is 0 Å². The minimum atomic E-state index is 0.163. The van der Waals surface area contributed by atoms with Crippen LogP contribution in [-0.4, -0.2) is 17.8 Å². The summed E-state index contributed by atoms with van der Waals surface area (Å²) in [6, 6.07) is 0. The predicted molar refractivity (Wildman–Crippen MR) is 59.4 cm³/mol. The summed E-state index contributed by atoms with van der Waals surface area (Å²) >= 11 is 6.12. The van der Waals surface area contributed by atoms with Gasteiger partial charge in [-0.25, -0.2) is 0 Å². The Balaban J connectivity index is 2.16. The van der Waals surface area contributed by atoms with Crippen LogP contribution in [0.1, 0.15) is 39.5 Å². The molecule has 14 heavy (non-hydrogen) atoms. The number of nitrogens with one attached hydrogen (secondary N) is 1. The minimum Gasteiger partial charge on any atom is -0.356 e. The molecular formula is C11H20ClNO. The number of amides is 1. The largest absolute Gasteiger partial charge is 0.356 e. The summed E-state index contributed by atoms with van der Waals surface area (Å²) in [5.74, 6) is 1.09. The third-order valence-electron chi connectivity index (χ3n) is 2.72. The van der Waals surface area contributed by atoms with Crippen molar-refractivity contribution in [1.29, 1.82) is 0 Å². The molecule has 0 aromatic rings. The fourth-order valence-corrected chi connectivity index (χ4v) is 2.28. The molecule has 1 amide bonds. The maximum absolute atomic E-state index is 11.4. The molecule has 0 radical (unpaired) electrons. The average Bonchev–Trinajstić information content (AvgIpc) is 2.46. The van der Waals surface area contributed by atoms with Gasteiger partial charge in [0.05, 0.1) is 0 Å². The SMILES string of the molecule is CC(C)CC(=O)NCC1CCCC1Cl. The van der Waals surface area contributed by atoms with E-state index < -0.39 is 0 Å². The van der Waals surface area contributed by atoms with Gasteiger partial charge in [0.1, 0.15) is 0 Å². The third kappa shape index (κ3) is 3.87. The zero-order valence-electron chi connectivity index (χ0n) is 9.05. The average molecular weight is 218 g/mol. The van der Waals surface area contributed by atoms with Crippen molar-refractivity contribution in [2.45, 2.75) is 44.9 Å². The monoisotopic (exact) mass is 217 g/mol. The van der Waals surface area contributed by atoms with Gasteiger partial charge in [-0.05, 0) is 24.7 Å². The van der Waals surface area contributed by atoms with Crippen molar-refractivity contribution in [3.63, 3.8) is 0 Å². The van der Waals surface area contributed by atoms with Crippen molar-refractivity contribution >= 4 is 17.5 Å². The molecule has 2 nitrogen and oxygen atoms in total. The zero-order valence-corrected chi connectivity index (χ0v) is 9.81. The standard InChI is InChI=1S/C11H20ClNO/c1-8(2)6-11(14)13-7-9-4-3-5-10(9)12/h8-10H,3-7H2,1-2H3,(H,13,14). The van der Waals surface area contributed by atoms with E-state index in [4.69, 9.17) is 11.6 Å². The lowest BCUT2D eigenvalue weighted by Crippen LogP contribution is -2.31. The van der Waals surface area contributed by atoms with Crippen LogP contribution in [0.5, 0.6) is 0 Å². The topological polar surface area (TPSA) is 29.1 Å². The van der Waals surface area contributed by atoms with Crippen LogP contribution in [-0.2, 0) is 4.79 Å². The molecule has 1 fully saturated rings. The number of rotatable bonds is 4. The van der Waals surface area contributed by atoms with Crippen LogP contribution in [0.4, 0.5) is 0 Å². The van der Waals surface area contributed by atoms with Gasteiger partial charge in [-0.3, -0.25) is 4.79 Å². The molecule has 0 aromatic heterocycles. The number of carbonyl (C=O) groups is 1. The highest BCUT2D eigenvalue weighted by atomic mass is 35.5. The summed E-state index contributed by atoms with van der Waals surface area (Å²) in [7, 11) is 0. The summed E-state index contributed by atoms with van der Waals surface area (Å²) < 4.78 is 0. The molecule has 2 atom stereocenters. The third-order valence-corrected chi connectivity index (χ3v) is 3.30. The van der Waals surface area contributed by atoms with Crippen LogP contribution in [0.15, 0.2) is 0 Å². The van der Waals surface area contributed by atoms with Gasteiger partial charge < -0.3 is 5.32 Å². The molecule has 0 saturated heterocycles. The Bertz CT molecular complexity index is 194. The second kappa shape index (κ2) is 5.59. The van der Waals surface area contributed by atoms with Gasteiger partial charge in [-0.2, -0.15) is 0 Å². The molecule has 82 valence electrons. The number of carbonyl (C=O) groups excluding carboxylic acids is 1. The molecular weight excluding hydrogens is 198 g/mol. The quantitative estimate of drug-likeness (QED) is 0.721. The summed E-state index contributed by atoms with van der Waals surface area (Å²) in [6.07, 6.45) is 4.10. The lowest BCUT2D eigenvalue weighted by atomic mass is 10.1. The molecule has 0 aromatic carbocycles. The normalized spacial score (nSPS) is 26.9. The number of halogens is 1. The lowest BCUT2D eigenvalue weighted by molar-refractivity contribution is -0.121. The van der Waals surface area contributed by atoms with Crippen molar-refractivity contribution in [2.75, 3.05) is 6.54 Å². The molecule has 1 saturated carbocycles. The van der Waals surface area contributed by atoms with Gasteiger partial charge in [0, 0.05) is 18.3 Å². The summed E-state index contributed by atoms with van der Waals surface area (Å²) in [5.41, 5.74) is 0. The fourth-order valence-electron chi connectivity index (χ4n) is 1.91. The van der Waals surface area contributed by atoms with Crippen molar-refractivity contribution < 1.29 is 4.79 Å². The van der Waals surface area contributed by atoms with E-state index in [1.807, 2.05) is 0 Å². The maximum Gasteiger partial charge on any atom is 0.220 e. The molecule has 3 heteroatoms. The van der Waals surface area contributed by atoms with Crippen molar-refractivity contribution in [3.8, 4) is 0 Å². The Morgan fingerprint density at radius 3 is 2.71 bits per heavy atom. The molecule has 1 aliphatic carbocycles. The van der Waals surface area contributed by atoms with Crippen LogP contribution in [0.2, 0.25) is 0 Å². The van der Waals surface area contributed by atoms with Gasteiger partial charge in [0.15, 0.2) is 0 Å². The van der Waals surface area contributed by atoms with E-state index >= 15 is 0 Å². The molecule has 0 heterocycles. The smallest absolute Gasteiger partial charge is 0.220 e. The molecule has 0 spiro atoms. The minimum absolute atomic E-state index is 0.163. The highest BCUT2D eigenvalue weighted by Gasteiger charge is 2.25. The number of hydrogen-bond acceptors (Lipinski definition) is 1. The number of alkyl halides is 1. The molecule has 0 bridgehead atoms. The highest BCUT2D eigenvalue weighted by molar-refractivity contribution is 6.20. The highest BCUT2D eigenvalue weighted by Crippen LogP contribution is 2.29. The van der Waals surface area contributed by atoms with Gasteiger partial charge in [0.2, 0.25) is 5.91 Å². The molecule has 1 rings (SSSR count). The van der Waals surface area contributed by atoms with E-state index in [1.54, 1.807) is 0 Å². The second-order valence-corrected chi connectivity index (χ2v) is 5.17. The Morgan fingerprint density at radius 1 is 1.50 bits per heavy atom. The van der Waals surface area contributed by atoms with E-state index in [0.29, 0.717) is 18.3 Å². The second-order valence-electron chi connectivity index (χ2n) is 4.61. The molecule has 1 aliphatic rings. The molecule has 0 aliphatic heterocycles. The summed E-state index contributed by atoms with van der Waals surface area (Å²) in [4.78, 5) is 11.4. The predicted octanol–water partition coefficient (Wildman–Crippen LogP) is 2.56. The van der Waals surface area contributed by atoms with Crippen LogP contribution in [0.25, 0.3) is 0 Å². The Morgan fingerprint density at radius 2 is 2.21 bits per heavy atom. The van der Waals surface area contributed by atoms with E-state index in [9.17, 15) is 4.79 Å². The Labute approximate surface area is 91.4 Å². The van der Waals surface area contributed by atoms with Gasteiger partial charge in [-0.15, -0.1) is 11.6 Å². The van der Waals surface area contributed by atoms with Crippen LogP contribution >= 0.6 is 11.6 Å². The van der Waals surface area contributed by atoms with E-state index in [2.05, 4.69) is 19.2 Å². The Hall–Kier alpha value is -0.240. The van der Waals surface area contributed by atoms with Gasteiger partial charge >= 0.3 is 0 Å². The molecule has 1 N–H and O–H groups in total. The summed E-state index contributed by atoms with van der Waals surface area (Å²) in [5, 5.41) is 3.24. The molecule has 2 unspecified atom stereocenters. The van der Waals surface area contributed by atoms with E-state index in [0.717, 1.165) is 19.4 Å². The van der Waals surface area contributed by atoms with E-state index in [1.165, 1.54) is 6.42 Å². The zero-order chi connectivity index (χ0) is 10.6. The van der Waals surface area contributed by atoms with Crippen LogP contribution < -0.4 is 5.32 Å². The maximum atomic E-state index is 11.4. The van der Waals surface area contributed by atoms with Gasteiger partial charge in [0.25, 0.3) is 0 Å². The number of hydrogen-bond donors (Lipinski definition) is 1. The van der Waals surface area contributed by atoms with Crippen LogP contribution in [0, 0.1) is 11.8 Å². The fraction of sp³-hybridized carbons (Fsp3) is 0.909. The van der Waals surface area contributed by atoms with Crippen molar-refractivity contribution in [2.24, 2.45) is 11.8 Å². The lowest BCUT2D eigenvalue weighted by Gasteiger charge is -2.14. The van der Waals surface area contributed by atoms with Gasteiger partial charge in [-0.1, -0.05) is 20.3 Å². The first-order valence-electron chi connectivity index (χ1n) is 5.50. The summed E-state index contributed by atoms with van der Waals surface area (Å²) in [6.45, 7) is 4.87. The van der Waals surface area contributed by atoms with Crippen molar-refractivity contribution in [1.82, 2.24) is 5.32 Å². The first-order valence-corrected chi connectivity index (χ1v) is 5.94. The van der Waals surface area contributed by atoms with Crippen molar-refractivity contribution in [3.05, 3.63) is 0 Å². The first kappa shape index (κ1) is 11.8.